The molecule has 2 aromatic carbocycles. The molecule has 6 N–H and O–H groups in total. The molecule has 0 saturated carbocycles. The molecule has 10 heteroatoms. The predicted molar refractivity (Wildman–Crippen MR) is 111 cm³/mol. The largest absolute Gasteiger partial charge is 0.493 e. The summed E-state index contributed by atoms with van der Waals surface area (Å²) >= 11 is 0. The van der Waals surface area contributed by atoms with Crippen molar-refractivity contribution in [2.24, 2.45) is 5.73 Å². The van der Waals surface area contributed by atoms with Crippen molar-refractivity contribution in [2.75, 3.05) is 20.3 Å². The summed E-state index contributed by atoms with van der Waals surface area (Å²) in [5, 5.41) is 10.3. The third-order valence-corrected chi connectivity index (χ3v) is 3.83. The molecule has 30 heavy (non-hydrogen) atoms. The Labute approximate surface area is 172 Å². The Hall–Kier alpha value is -3.79. The predicted octanol–water partition coefficient (Wildman–Crippen LogP) is 1.22. The second-order valence-electron chi connectivity index (χ2n) is 6.16. The maximum Gasteiger partial charge on any atom is 0.323 e. The molecular formula is C20H24N4O6. The van der Waals surface area contributed by atoms with E-state index in [1.807, 2.05) is 12.1 Å². The zero-order valence-corrected chi connectivity index (χ0v) is 16.7. The lowest BCUT2D eigenvalue weighted by Gasteiger charge is -2.12. The Morgan fingerprint density at radius 2 is 1.80 bits per heavy atom. The number of aliphatic carboxylic acids is 1. The van der Waals surface area contributed by atoms with E-state index in [0.29, 0.717) is 42.3 Å². The van der Waals surface area contributed by atoms with E-state index in [9.17, 15) is 9.59 Å². The van der Waals surface area contributed by atoms with Gasteiger partial charge in [0.2, 0.25) is 0 Å². The minimum atomic E-state index is -0.833. The van der Waals surface area contributed by atoms with Gasteiger partial charge in [-0.3, -0.25) is 9.59 Å². The number of carbonyl (C=O) groups excluding carboxylic acids is 1. The second kappa shape index (κ2) is 10.7. The summed E-state index contributed by atoms with van der Waals surface area (Å²) in [5.41, 5.74) is 7.92. The Kier molecular flexibility index (Phi) is 8.00. The maximum atomic E-state index is 12.4. The molecule has 160 valence electrons. The summed E-state index contributed by atoms with van der Waals surface area (Å²) in [5.74, 6) is -0.0647. The summed E-state index contributed by atoms with van der Waals surface area (Å²) in [6, 6.07) is 10.4. The number of hydrogen-bond donors (Lipinski definition) is 5. The molecule has 0 unspecified atom stereocenters. The van der Waals surface area contributed by atoms with Crippen LogP contribution in [0.4, 0.5) is 0 Å². The van der Waals surface area contributed by atoms with Crippen LogP contribution in [0.5, 0.6) is 11.5 Å². The molecule has 0 aliphatic carbocycles. The lowest BCUT2D eigenvalue weighted by atomic mass is 10.1. The van der Waals surface area contributed by atoms with Gasteiger partial charge in [-0.15, -0.1) is 0 Å². The molecule has 1 heterocycles. The van der Waals surface area contributed by atoms with Gasteiger partial charge in [-0.05, 0) is 35.9 Å². The highest BCUT2D eigenvalue weighted by Gasteiger charge is 2.11. The summed E-state index contributed by atoms with van der Waals surface area (Å²) in [6.07, 6.45) is 0. The third-order valence-electron chi connectivity index (χ3n) is 3.83. The van der Waals surface area contributed by atoms with Crippen LogP contribution < -0.4 is 26.2 Å². The molecule has 0 spiro atoms. The van der Waals surface area contributed by atoms with Crippen molar-refractivity contribution in [2.45, 2.75) is 13.5 Å². The number of amides is 1. The van der Waals surface area contributed by atoms with E-state index >= 15 is 0 Å². The monoisotopic (exact) mass is 416 g/mol. The van der Waals surface area contributed by atoms with E-state index in [1.165, 1.54) is 7.11 Å². The van der Waals surface area contributed by atoms with Crippen molar-refractivity contribution in [1.82, 2.24) is 15.3 Å². The first-order valence-corrected chi connectivity index (χ1v) is 9.03. The fraction of sp³-hybridized carbons (Fsp3) is 0.250. The molecule has 10 nitrogen and oxygen atoms in total. The first-order valence-electron chi connectivity index (χ1n) is 9.03. The number of ether oxygens (including phenoxy) is 2. The normalized spacial score (nSPS) is 10.1. The van der Waals surface area contributed by atoms with Gasteiger partial charge in [-0.1, -0.05) is 6.07 Å². The SMILES string of the molecule is CC(=O)O.COc1cc(C(=O)NCc2ccc3[nH]c(=O)[nH]c3c2)ccc1OCCN. The highest BCUT2D eigenvalue weighted by molar-refractivity contribution is 5.94. The minimum absolute atomic E-state index is 0.240. The molecule has 3 aromatic rings. The fourth-order valence-corrected chi connectivity index (χ4v) is 2.57. The van der Waals surface area contributed by atoms with E-state index in [-0.39, 0.29) is 11.6 Å². The number of carboxylic acid groups (broad SMARTS) is 1. The van der Waals surface area contributed by atoms with Crippen molar-refractivity contribution >= 4 is 22.9 Å². The molecule has 1 amide bonds. The van der Waals surface area contributed by atoms with Crippen molar-refractivity contribution in [1.29, 1.82) is 0 Å². The molecular weight excluding hydrogens is 392 g/mol. The van der Waals surface area contributed by atoms with Crippen LogP contribution in [0.2, 0.25) is 0 Å². The number of methoxy groups -OCH3 is 1. The standard InChI is InChI=1S/C18H20N4O4.C2H4O2/c1-25-16-9-12(3-5-15(16)26-7-6-19)17(23)20-10-11-2-4-13-14(8-11)22-18(24)21-13;1-2(3)4/h2-5,8-9H,6-7,10,19H2,1H3,(H,20,23)(H2,21,22,24);1H3,(H,3,4). The number of aromatic nitrogens is 2. The van der Waals surface area contributed by atoms with E-state index < -0.39 is 5.97 Å². The smallest absolute Gasteiger partial charge is 0.323 e. The van der Waals surface area contributed by atoms with Crippen LogP contribution in [0.1, 0.15) is 22.8 Å². The molecule has 0 aliphatic rings. The number of rotatable bonds is 7. The van der Waals surface area contributed by atoms with Gasteiger partial charge in [0.25, 0.3) is 11.9 Å². The molecule has 0 radical (unpaired) electrons. The minimum Gasteiger partial charge on any atom is -0.493 e. The van der Waals surface area contributed by atoms with Crippen LogP contribution in [-0.2, 0) is 11.3 Å². The molecule has 0 fully saturated rings. The second-order valence-corrected chi connectivity index (χ2v) is 6.16. The van der Waals surface area contributed by atoms with Gasteiger partial charge < -0.3 is 35.6 Å². The number of carbonyl (C=O) groups is 2. The van der Waals surface area contributed by atoms with Crippen LogP contribution >= 0.6 is 0 Å². The van der Waals surface area contributed by atoms with E-state index in [2.05, 4.69) is 15.3 Å². The zero-order valence-electron chi connectivity index (χ0n) is 16.7. The number of benzene rings is 2. The van der Waals surface area contributed by atoms with Crippen molar-refractivity contribution < 1.29 is 24.2 Å². The summed E-state index contributed by atoms with van der Waals surface area (Å²) in [4.78, 5) is 38.1. The number of aromatic amines is 2. The van der Waals surface area contributed by atoms with Crippen LogP contribution in [0.25, 0.3) is 11.0 Å². The van der Waals surface area contributed by atoms with E-state index in [1.54, 1.807) is 24.3 Å². The van der Waals surface area contributed by atoms with E-state index in [0.717, 1.165) is 18.0 Å². The highest BCUT2D eigenvalue weighted by Crippen LogP contribution is 2.28. The maximum absolute atomic E-state index is 12.4. The highest BCUT2D eigenvalue weighted by atomic mass is 16.5. The summed E-state index contributed by atoms with van der Waals surface area (Å²) in [7, 11) is 1.51. The average molecular weight is 416 g/mol. The van der Waals surface area contributed by atoms with Gasteiger partial charge in [-0.25, -0.2) is 4.79 Å². The molecule has 1 aromatic heterocycles. The number of nitrogens with two attached hydrogens (primary N) is 1. The Balaban J connectivity index is 0.000000735. The molecule has 0 aliphatic heterocycles. The number of imidazole rings is 1. The topological polar surface area (TPSA) is 160 Å². The van der Waals surface area contributed by atoms with Crippen LogP contribution in [-0.4, -0.2) is 47.2 Å². The van der Waals surface area contributed by atoms with Crippen molar-refractivity contribution in [3.63, 3.8) is 0 Å². The first kappa shape index (κ1) is 22.5. The summed E-state index contributed by atoms with van der Waals surface area (Å²) in [6.45, 7) is 2.17. The number of nitrogens with one attached hydrogen (secondary N) is 3. The first-order chi connectivity index (χ1) is 14.3. The van der Waals surface area contributed by atoms with Gasteiger partial charge in [0.05, 0.1) is 18.1 Å². The number of H-pyrrole nitrogens is 2. The average Bonchev–Trinajstić information content (AvgIpc) is 3.09. The molecule has 0 atom stereocenters. The Morgan fingerprint density at radius 3 is 2.47 bits per heavy atom. The zero-order chi connectivity index (χ0) is 22.1. The molecule has 0 bridgehead atoms. The number of carboxylic acids is 1. The Bertz CT molecular complexity index is 1070. The van der Waals surface area contributed by atoms with Crippen LogP contribution in [0.15, 0.2) is 41.2 Å². The quantitative estimate of drug-likeness (QED) is 0.387. The van der Waals surface area contributed by atoms with Gasteiger partial charge in [0.15, 0.2) is 11.5 Å². The van der Waals surface area contributed by atoms with Gasteiger partial charge in [0.1, 0.15) is 6.61 Å². The van der Waals surface area contributed by atoms with Gasteiger partial charge >= 0.3 is 5.69 Å². The summed E-state index contributed by atoms with van der Waals surface area (Å²) < 4.78 is 10.7. The van der Waals surface area contributed by atoms with Gasteiger partial charge in [0, 0.05) is 25.6 Å². The van der Waals surface area contributed by atoms with Crippen molar-refractivity contribution in [3.8, 4) is 11.5 Å². The van der Waals surface area contributed by atoms with Gasteiger partial charge in [-0.2, -0.15) is 0 Å². The molecule has 0 saturated heterocycles. The lowest BCUT2D eigenvalue weighted by Crippen LogP contribution is -2.22. The third kappa shape index (κ3) is 6.38. The van der Waals surface area contributed by atoms with Crippen LogP contribution in [0, 0.1) is 0 Å². The number of hydrogen-bond acceptors (Lipinski definition) is 6. The lowest BCUT2D eigenvalue weighted by molar-refractivity contribution is -0.134. The van der Waals surface area contributed by atoms with E-state index in [4.69, 9.17) is 25.1 Å². The number of fused-ring (bicyclic) bond motifs is 1. The van der Waals surface area contributed by atoms with Crippen LogP contribution in [0.3, 0.4) is 0 Å². The Morgan fingerprint density at radius 1 is 1.10 bits per heavy atom. The molecule has 3 rings (SSSR count). The fourth-order valence-electron chi connectivity index (χ4n) is 2.57. The van der Waals surface area contributed by atoms with Crippen molar-refractivity contribution in [3.05, 3.63) is 58.0 Å².